The smallest absolute Gasteiger partial charge is 0.266 e. The van der Waals surface area contributed by atoms with Gasteiger partial charge in [-0.05, 0) is 25.0 Å². The number of pyridine rings is 1. The van der Waals surface area contributed by atoms with Crippen molar-refractivity contribution >= 4 is 39.8 Å². The molecule has 1 amide bonds. The van der Waals surface area contributed by atoms with E-state index in [1.54, 1.807) is 5.48 Å². The average molecular weight is 476 g/mol. The summed E-state index contributed by atoms with van der Waals surface area (Å²) in [6, 6.07) is 4.05. The number of aromatic nitrogens is 1. The van der Waals surface area contributed by atoms with Gasteiger partial charge in [0.2, 0.25) is 10.0 Å². The summed E-state index contributed by atoms with van der Waals surface area (Å²) in [5.74, 6) is -0.0590. The molecule has 0 radical (unpaired) electrons. The molecule has 0 spiro atoms. The minimum atomic E-state index is -3.95. The molecule has 4 rings (SSSR count). The van der Waals surface area contributed by atoms with E-state index in [1.807, 2.05) is 12.3 Å². The second-order valence-electron chi connectivity index (χ2n) is 8.01. The Bertz CT molecular complexity index is 849. The molecule has 0 saturated carbocycles. The fourth-order valence-corrected chi connectivity index (χ4v) is 6.64. The molecule has 3 aliphatic heterocycles. The van der Waals surface area contributed by atoms with Crippen LogP contribution in [0.4, 0.5) is 11.5 Å². The number of carbonyl (C=O) groups is 1. The molecule has 31 heavy (non-hydrogen) atoms. The van der Waals surface area contributed by atoms with E-state index in [1.165, 1.54) is 17.1 Å². The first-order chi connectivity index (χ1) is 14.5. The second kappa shape index (κ2) is 9.86. The summed E-state index contributed by atoms with van der Waals surface area (Å²) in [6.07, 6.45) is 4.36. The number of rotatable bonds is 5. The highest BCUT2D eigenvalue weighted by Gasteiger charge is 2.54. The SMILES string of the molecule is Cl.O=C(NO)C1(S(=O)(=O)N2CCN(c3ccc(N4CCCC4)cn3)CC2)CCOCC1. The number of halogens is 1. The van der Waals surface area contributed by atoms with Crippen LogP contribution in [0.3, 0.4) is 0 Å². The molecule has 1 aromatic heterocycles. The van der Waals surface area contributed by atoms with Gasteiger partial charge in [0, 0.05) is 65.3 Å². The van der Waals surface area contributed by atoms with Crippen molar-refractivity contribution in [3.63, 3.8) is 0 Å². The molecule has 0 bridgehead atoms. The van der Waals surface area contributed by atoms with Crippen LogP contribution in [0.5, 0.6) is 0 Å². The number of amides is 1. The summed E-state index contributed by atoms with van der Waals surface area (Å²) >= 11 is 0. The molecule has 0 atom stereocenters. The van der Waals surface area contributed by atoms with Crippen LogP contribution < -0.4 is 15.3 Å². The lowest BCUT2D eigenvalue weighted by atomic mass is 9.98. The molecular formula is C19H30ClN5O5S. The van der Waals surface area contributed by atoms with Gasteiger partial charge in [-0.15, -0.1) is 12.4 Å². The number of nitrogens with one attached hydrogen (secondary N) is 1. The van der Waals surface area contributed by atoms with Gasteiger partial charge in [0.15, 0.2) is 4.75 Å². The molecule has 0 aromatic carbocycles. The van der Waals surface area contributed by atoms with Crippen molar-refractivity contribution in [1.29, 1.82) is 0 Å². The maximum atomic E-state index is 13.4. The summed E-state index contributed by atoms with van der Waals surface area (Å²) < 4.78 is 31.7. The third kappa shape index (κ3) is 4.47. The van der Waals surface area contributed by atoms with E-state index < -0.39 is 20.7 Å². The normalized spacial score (nSPS) is 22.1. The Morgan fingerprint density at radius 2 is 1.68 bits per heavy atom. The predicted octanol–water partition coefficient (Wildman–Crippen LogP) is 0.610. The molecule has 2 N–H and O–H groups in total. The van der Waals surface area contributed by atoms with E-state index in [0.717, 1.165) is 24.6 Å². The van der Waals surface area contributed by atoms with E-state index >= 15 is 0 Å². The number of piperazine rings is 1. The Hall–Kier alpha value is -1.66. The second-order valence-corrected chi connectivity index (χ2v) is 10.3. The van der Waals surface area contributed by atoms with E-state index in [0.29, 0.717) is 13.1 Å². The minimum Gasteiger partial charge on any atom is -0.381 e. The molecule has 4 heterocycles. The van der Waals surface area contributed by atoms with Crippen LogP contribution in [0.1, 0.15) is 25.7 Å². The molecule has 3 aliphatic rings. The number of sulfonamides is 1. The zero-order valence-corrected chi connectivity index (χ0v) is 19.0. The summed E-state index contributed by atoms with van der Waals surface area (Å²) in [4.78, 5) is 21.3. The average Bonchev–Trinajstić information content (AvgIpc) is 3.34. The van der Waals surface area contributed by atoms with Crippen LogP contribution in [0, 0.1) is 0 Å². The van der Waals surface area contributed by atoms with E-state index in [9.17, 15) is 13.2 Å². The van der Waals surface area contributed by atoms with Crippen LogP contribution in [0.15, 0.2) is 18.3 Å². The largest absolute Gasteiger partial charge is 0.381 e. The van der Waals surface area contributed by atoms with Gasteiger partial charge >= 0.3 is 0 Å². The molecule has 0 aliphatic carbocycles. The lowest BCUT2D eigenvalue weighted by molar-refractivity contribution is -0.134. The highest BCUT2D eigenvalue weighted by atomic mass is 35.5. The topological polar surface area (TPSA) is 115 Å². The van der Waals surface area contributed by atoms with Crippen LogP contribution in [-0.4, -0.2) is 86.1 Å². The number of hydrogen-bond acceptors (Lipinski definition) is 8. The first kappa shape index (κ1) is 24.0. The fraction of sp³-hybridized carbons (Fsp3) is 0.684. The monoisotopic (exact) mass is 475 g/mol. The Morgan fingerprint density at radius 1 is 1.03 bits per heavy atom. The first-order valence-corrected chi connectivity index (χ1v) is 11.9. The van der Waals surface area contributed by atoms with Crippen molar-refractivity contribution < 1.29 is 23.2 Å². The number of nitrogens with zero attached hydrogens (tertiary/aromatic N) is 4. The quantitative estimate of drug-likeness (QED) is 0.470. The van der Waals surface area contributed by atoms with Gasteiger partial charge in [-0.2, -0.15) is 4.31 Å². The van der Waals surface area contributed by atoms with Crippen LogP contribution in [-0.2, 0) is 19.6 Å². The van der Waals surface area contributed by atoms with Gasteiger partial charge < -0.3 is 14.5 Å². The highest BCUT2D eigenvalue weighted by molar-refractivity contribution is 7.91. The van der Waals surface area contributed by atoms with Crippen molar-refractivity contribution in [3.8, 4) is 0 Å². The number of hydroxylamine groups is 1. The van der Waals surface area contributed by atoms with Crippen molar-refractivity contribution in [2.45, 2.75) is 30.4 Å². The molecule has 3 fully saturated rings. The number of ether oxygens (including phenoxy) is 1. The van der Waals surface area contributed by atoms with Crippen molar-refractivity contribution in [2.24, 2.45) is 0 Å². The van der Waals surface area contributed by atoms with Crippen LogP contribution in [0.25, 0.3) is 0 Å². The third-order valence-electron chi connectivity index (χ3n) is 6.42. The van der Waals surface area contributed by atoms with E-state index in [-0.39, 0.29) is 51.6 Å². The lowest BCUT2D eigenvalue weighted by Gasteiger charge is -2.41. The minimum absolute atomic E-state index is 0. The third-order valence-corrected chi connectivity index (χ3v) is 9.04. The highest BCUT2D eigenvalue weighted by Crippen LogP contribution is 2.33. The Labute approximate surface area is 189 Å². The van der Waals surface area contributed by atoms with Gasteiger partial charge in [0.25, 0.3) is 5.91 Å². The first-order valence-electron chi connectivity index (χ1n) is 10.5. The van der Waals surface area contributed by atoms with Crippen LogP contribution in [0.2, 0.25) is 0 Å². The van der Waals surface area contributed by atoms with Crippen LogP contribution >= 0.6 is 12.4 Å². The Morgan fingerprint density at radius 3 is 2.23 bits per heavy atom. The predicted molar refractivity (Wildman–Crippen MR) is 118 cm³/mol. The van der Waals surface area contributed by atoms with E-state index in [4.69, 9.17) is 9.94 Å². The fourth-order valence-electron chi connectivity index (χ4n) is 4.54. The molecule has 1 aromatic rings. The summed E-state index contributed by atoms with van der Waals surface area (Å²) in [6.45, 7) is 3.96. The number of hydrogen-bond donors (Lipinski definition) is 2. The van der Waals surface area contributed by atoms with Gasteiger partial charge in [-0.1, -0.05) is 0 Å². The number of anilines is 2. The standard InChI is InChI=1S/C19H29N5O5S.ClH/c25-18(21-26)19(5-13-29-14-6-19)30(27,28)24-11-9-23(10-12-24)17-4-3-16(15-20-17)22-7-1-2-8-22;/h3-4,15,26H,1-2,5-14H2,(H,21,25);1H. The number of carbonyl (C=O) groups excluding carboxylic acids is 1. The molecule has 10 nitrogen and oxygen atoms in total. The maximum absolute atomic E-state index is 13.4. The van der Waals surface area contributed by atoms with Gasteiger partial charge in [0.1, 0.15) is 5.82 Å². The van der Waals surface area contributed by atoms with Crippen molar-refractivity contribution in [3.05, 3.63) is 18.3 Å². The molecule has 3 saturated heterocycles. The molecule has 0 unspecified atom stereocenters. The van der Waals surface area contributed by atoms with E-state index in [2.05, 4.69) is 20.9 Å². The Balaban J connectivity index is 0.00000272. The molecule has 174 valence electrons. The van der Waals surface area contributed by atoms with Crippen molar-refractivity contribution in [2.75, 3.05) is 62.3 Å². The molecular weight excluding hydrogens is 446 g/mol. The van der Waals surface area contributed by atoms with Gasteiger partial charge in [-0.3, -0.25) is 10.0 Å². The molecule has 12 heteroatoms. The zero-order valence-electron chi connectivity index (χ0n) is 17.4. The summed E-state index contributed by atoms with van der Waals surface area (Å²) in [5.41, 5.74) is 2.68. The Kier molecular flexibility index (Phi) is 7.63. The maximum Gasteiger partial charge on any atom is 0.266 e. The summed E-state index contributed by atoms with van der Waals surface area (Å²) in [7, 11) is -3.95. The summed E-state index contributed by atoms with van der Waals surface area (Å²) in [5, 5.41) is 9.16. The zero-order chi connectivity index (χ0) is 21.2. The van der Waals surface area contributed by atoms with Gasteiger partial charge in [0.05, 0.1) is 11.9 Å². The van der Waals surface area contributed by atoms with Gasteiger partial charge in [-0.25, -0.2) is 18.9 Å². The lowest BCUT2D eigenvalue weighted by Crippen LogP contribution is -2.62. The van der Waals surface area contributed by atoms with Crippen molar-refractivity contribution in [1.82, 2.24) is 14.8 Å².